The third kappa shape index (κ3) is 4.14. The van der Waals surface area contributed by atoms with Gasteiger partial charge in [0.15, 0.2) is 11.5 Å². The van der Waals surface area contributed by atoms with Crippen LogP contribution in [0.15, 0.2) is 40.7 Å². The van der Waals surface area contributed by atoms with E-state index in [1.807, 2.05) is 0 Å². The summed E-state index contributed by atoms with van der Waals surface area (Å²) in [7, 11) is 1.25. The van der Waals surface area contributed by atoms with Crippen LogP contribution in [-0.2, 0) is 23.9 Å². The number of dihydropyridines is 1. The number of fused-ring (bicyclic) bond motifs is 1. The van der Waals surface area contributed by atoms with Gasteiger partial charge in [-0.05, 0) is 31.5 Å². The Morgan fingerprint density at radius 3 is 2.47 bits per heavy atom. The maximum absolute atomic E-state index is 12.9. The quantitative estimate of drug-likeness (QED) is 0.300. The Hall–Kier alpha value is -3.76. The Morgan fingerprint density at radius 1 is 1.13 bits per heavy atom. The van der Waals surface area contributed by atoms with E-state index < -0.39 is 29.6 Å². The molecule has 1 unspecified atom stereocenters. The molecule has 3 rings (SSSR count). The fourth-order valence-corrected chi connectivity index (χ4v) is 3.40. The first-order chi connectivity index (χ1) is 14.3. The van der Waals surface area contributed by atoms with Crippen molar-refractivity contribution in [3.8, 4) is 11.5 Å². The monoisotopic (exact) mass is 420 g/mol. The van der Waals surface area contributed by atoms with Gasteiger partial charge in [0.25, 0.3) is 5.09 Å². The van der Waals surface area contributed by atoms with Crippen molar-refractivity contribution in [3.63, 3.8) is 0 Å². The van der Waals surface area contributed by atoms with Crippen LogP contribution >= 0.6 is 0 Å². The van der Waals surface area contributed by atoms with E-state index in [1.54, 1.807) is 32.0 Å². The molecule has 2 aliphatic heterocycles. The standard InChI is InChI=1S/C19H20N2O9/c1-10-15(18(22)26-3)17(12-4-5-13-14(8-12)29-9-28-13)16(11(2)20-10)19(23)27-6-7-30-21(24)25/h4-5,8,17,20H,6-7,9H2,1-3H3. The van der Waals surface area contributed by atoms with Crippen molar-refractivity contribution in [1.82, 2.24) is 5.32 Å². The van der Waals surface area contributed by atoms with Crippen LogP contribution in [0.1, 0.15) is 25.3 Å². The van der Waals surface area contributed by atoms with Gasteiger partial charge >= 0.3 is 11.9 Å². The van der Waals surface area contributed by atoms with Crippen molar-refractivity contribution in [2.75, 3.05) is 27.1 Å². The summed E-state index contributed by atoms with van der Waals surface area (Å²) in [5.74, 6) is -1.13. The fraction of sp³-hybridized carbons (Fsp3) is 0.368. The maximum atomic E-state index is 12.9. The van der Waals surface area contributed by atoms with E-state index in [9.17, 15) is 19.7 Å². The molecule has 0 spiro atoms. The molecule has 0 aromatic heterocycles. The number of nitrogens with zero attached hydrogens (tertiary/aromatic N) is 1. The van der Waals surface area contributed by atoms with Crippen LogP contribution in [-0.4, -0.2) is 44.1 Å². The maximum Gasteiger partial charge on any atom is 0.336 e. The van der Waals surface area contributed by atoms with E-state index in [0.717, 1.165) is 0 Å². The molecule has 1 aromatic rings. The number of carbonyl (C=O) groups is 2. The molecule has 1 N–H and O–H groups in total. The Balaban J connectivity index is 1.98. The molecule has 30 heavy (non-hydrogen) atoms. The number of ether oxygens (including phenoxy) is 4. The van der Waals surface area contributed by atoms with Crippen LogP contribution < -0.4 is 14.8 Å². The molecule has 11 nitrogen and oxygen atoms in total. The van der Waals surface area contributed by atoms with Gasteiger partial charge in [-0.25, -0.2) is 9.59 Å². The average molecular weight is 420 g/mol. The number of methoxy groups -OCH3 is 1. The molecule has 160 valence electrons. The summed E-state index contributed by atoms with van der Waals surface area (Å²) < 4.78 is 20.8. The summed E-state index contributed by atoms with van der Waals surface area (Å²) >= 11 is 0. The van der Waals surface area contributed by atoms with Crippen LogP contribution in [0.25, 0.3) is 0 Å². The predicted molar refractivity (Wildman–Crippen MR) is 99.8 cm³/mol. The first-order valence-corrected chi connectivity index (χ1v) is 8.94. The number of hydrogen-bond donors (Lipinski definition) is 1. The highest BCUT2D eigenvalue weighted by molar-refractivity contribution is 5.99. The van der Waals surface area contributed by atoms with E-state index in [4.69, 9.17) is 18.9 Å². The van der Waals surface area contributed by atoms with Crippen molar-refractivity contribution in [2.45, 2.75) is 19.8 Å². The highest BCUT2D eigenvalue weighted by atomic mass is 17.0. The highest BCUT2D eigenvalue weighted by Crippen LogP contribution is 2.42. The fourth-order valence-electron chi connectivity index (χ4n) is 3.40. The summed E-state index contributed by atoms with van der Waals surface area (Å²) in [6.07, 6.45) is 0. The molecule has 0 saturated carbocycles. The topological polar surface area (TPSA) is 135 Å². The summed E-state index contributed by atoms with van der Waals surface area (Å²) in [4.78, 5) is 39.8. The number of carbonyl (C=O) groups excluding carboxylic acids is 2. The van der Waals surface area contributed by atoms with Gasteiger partial charge in [-0.1, -0.05) is 6.07 Å². The van der Waals surface area contributed by atoms with Gasteiger partial charge < -0.3 is 29.1 Å². The molecule has 1 aromatic carbocycles. The molecule has 0 bridgehead atoms. The number of nitrogens with one attached hydrogen (secondary N) is 1. The van der Waals surface area contributed by atoms with Gasteiger partial charge in [-0.3, -0.25) is 0 Å². The molecule has 1 atom stereocenters. The molecule has 2 heterocycles. The van der Waals surface area contributed by atoms with Gasteiger partial charge in [0.05, 0.1) is 24.2 Å². The van der Waals surface area contributed by atoms with E-state index in [2.05, 4.69) is 10.2 Å². The lowest BCUT2D eigenvalue weighted by atomic mass is 9.80. The van der Waals surface area contributed by atoms with Crippen LogP contribution in [0.5, 0.6) is 11.5 Å². The molecular weight excluding hydrogens is 400 g/mol. The number of allylic oxidation sites excluding steroid dienone is 2. The van der Waals surface area contributed by atoms with Crippen LogP contribution in [0.3, 0.4) is 0 Å². The lowest BCUT2D eigenvalue weighted by Crippen LogP contribution is -2.32. The van der Waals surface area contributed by atoms with E-state index >= 15 is 0 Å². The van der Waals surface area contributed by atoms with Gasteiger partial charge in [-0.2, -0.15) is 0 Å². The van der Waals surface area contributed by atoms with E-state index in [1.165, 1.54) is 7.11 Å². The van der Waals surface area contributed by atoms with Crippen LogP contribution in [0, 0.1) is 10.1 Å². The van der Waals surface area contributed by atoms with Gasteiger partial charge in [0, 0.05) is 11.4 Å². The highest BCUT2D eigenvalue weighted by Gasteiger charge is 2.38. The van der Waals surface area contributed by atoms with Crippen molar-refractivity contribution < 1.29 is 38.5 Å². The third-order valence-electron chi connectivity index (χ3n) is 4.63. The van der Waals surface area contributed by atoms with Gasteiger partial charge in [0.2, 0.25) is 6.79 Å². The first-order valence-electron chi connectivity index (χ1n) is 8.94. The third-order valence-corrected chi connectivity index (χ3v) is 4.63. The predicted octanol–water partition coefficient (Wildman–Crippen LogP) is 1.57. The average Bonchev–Trinajstić information content (AvgIpc) is 3.17. The van der Waals surface area contributed by atoms with Crippen molar-refractivity contribution >= 4 is 11.9 Å². The zero-order valence-corrected chi connectivity index (χ0v) is 16.6. The largest absolute Gasteiger partial charge is 0.466 e. The molecule has 0 saturated heterocycles. The number of esters is 2. The molecule has 0 fully saturated rings. The van der Waals surface area contributed by atoms with E-state index in [0.29, 0.717) is 28.5 Å². The molecule has 0 amide bonds. The van der Waals surface area contributed by atoms with Gasteiger partial charge in [0.1, 0.15) is 13.2 Å². The summed E-state index contributed by atoms with van der Waals surface area (Å²) in [5.41, 5.74) is 1.99. The molecule has 0 radical (unpaired) electrons. The number of benzene rings is 1. The SMILES string of the molecule is COC(=O)C1=C(C)NC(C)=C(C(=O)OCCO[N+](=O)[O-])C1c1ccc2c(c1)OCO2. The summed E-state index contributed by atoms with van der Waals surface area (Å²) in [5, 5.41) is 12.3. The van der Waals surface area contributed by atoms with E-state index in [-0.39, 0.29) is 24.5 Å². The lowest BCUT2D eigenvalue weighted by molar-refractivity contribution is -0.757. The van der Waals surface area contributed by atoms with Crippen LogP contribution in [0.4, 0.5) is 0 Å². The summed E-state index contributed by atoms with van der Waals surface area (Å²) in [6.45, 7) is 2.70. The Bertz CT molecular complexity index is 951. The summed E-state index contributed by atoms with van der Waals surface area (Å²) in [6, 6.07) is 5.09. The zero-order valence-electron chi connectivity index (χ0n) is 16.6. The van der Waals surface area contributed by atoms with Crippen molar-refractivity contribution in [1.29, 1.82) is 0 Å². The smallest absolute Gasteiger partial charge is 0.336 e. The molecular formula is C19H20N2O9. The van der Waals surface area contributed by atoms with Crippen LogP contribution in [0.2, 0.25) is 0 Å². The molecule has 2 aliphatic rings. The second kappa shape index (κ2) is 8.72. The minimum Gasteiger partial charge on any atom is -0.466 e. The normalized spacial score (nSPS) is 17.4. The van der Waals surface area contributed by atoms with Crippen molar-refractivity contribution in [2.24, 2.45) is 0 Å². The number of hydrogen-bond acceptors (Lipinski definition) is 10. The Morgan fingerprint density at radius 2 is 1.80 bits per heavy atom. The number of rotatable bonds is 7. The zero-order chi connectivity index (χ0) is 21.8. The lowest BCUT2D eigenvalue weighted by Gasteiger charge is -2.30. The molecule has 11 heteroatoms. The second-order valence-corrected chi connectivity index (χ2v) is 6.43. The van der Waals surface area contributed by atoms with Gasteiger partial charge in [-0.15, -0.1) is 10.1 Å². The Labute approximate surface area is 171 Å². The minimum atomic E-state index is -0.975. The Kier molecular flexibility index (Phi) is 6.09. The molecule has 0 aliphatic carbocycles. The minimum absolute atomic E-state index is 0.0734. The first kappa shape index (κ1) is 21.0. The van der Waals surface area contributed by atoms with Crippen molar-refractivity contribution in [3.05, 3.63) is 56.4 Å². The second-order valence-electron chi connectivity index (χ2n) is 6.43.